The smallest absolute Gasteiger partial charge is 0.149 e. The van der Waals surface area contributed by atoms with Crippen LogP contribution in [-0.2, 0) is 3.63 Å². The Morgan fingerprint density at radius 3 is 1.36 bits per heavy atom. The van der Waals surface area contributed by atoms with Crippen molar-refractivity contribution in [2.45, 2.75) is 19.0 Å². The molecule has 0 bridgehead atoms. The Morgan fingerprint density at radius 2 is 1.18 bits per heavy atom. The lowest BCUT2D eigenvalue weighted by Crippen LogP contribution is -2.00. The van der Waals surface area contributed by atoms with Crippen LogP contribution in [0.15, 0.2) is 0 Å². The van der Waals surface area contributed by atoms with E-state index in [9.17, 15) is 0 Å². The van der Waals surface area contributed by atoms with Gasteiger partial charge in [-0.3, -0.25) is 0 Å². The molecule has 0 aliphatic heterocycles. The van der Waals surface area contributed by atoms with Gasteiger partial charge in [0.25, 0.3) is 0 Å². The van der Waals surface area contributed by atoms with E-state index in [1.165, 1.54) is 24.1 Å². The maximum atomic E-state index is 5.21. The predicted octanol–water partition coefficient (Wildman–Crippen LogP) is 5.23. The second-order valence-corrected chi connectivity index (χ2v) is 14.9. The zero-order valence-electron chi connectivity index (χ0n) is 5.74. The molecule has 0 radical (unpaired) electrons. The topological polar surface area (TPSA) is 9.23 Å². The monoisotopic (exact) mass is 450 g/mol. The molecule has 0 heterocycles. The summed E-state index contributed by atoms with van der Waals surface area (Å²) in [6.07, 6.45) is 0. The summed E-state index contributed by atoms with van der Waals surface area (Å²) in [5, 5.41) is 0. The second kappa shape index (κ2) is 5.46. The third kappa shape index (κ3) is 12.6. The molecule has 0 N–H and O–H groups in total. The van der Waals surface area contributed by atoms with Crippen LogP contribution >= 0.6 is 87.8 Å². The molecule has 0 aliphatic rings. The van der Waals surface area contributed by atoms with Crippen LogP contribution in [0.25, 0.3) is 0 Å². The summed E-state index contributed by atoms with van der Waals surface area (Å²) in [6, 6.07) is 0. The molecular weight excluding hydrogens is 448 g/mol. The number of hydrogen-bond donors (Lipinski definition) is 0. The van der Waals surface area contributed by atoms with Gasteiger partial charge in [0.05, 0.1) is 0 Å². The van der Waals surface area contributed by atoms with Gasteiger partial charge in [0.15, 0.2) is 0 Å². The van der Waals surface area contributed by atoms with Crippen LogP contribution in [0.1, 0.15) is 13.8 Å². The van der Waals surface area contributed by atoms with Crippen molar-refractivity contribution in [2.24, 2.45) is 0 Å². The Hall–Kier alpha value is 2.58. The molecule has 68 valence electrons. The summed E-state index contributed by atoms with van der Waals surface area (Å²) in [5.41, 5.74) is 0. The van der Waals surface area contributed by atoms with Gasteiger partial charge in [0, 0.05) is 24.1 Å². The fraction of sp³-hybridized carbons (Fsp3) is 1.00. The predicted molar refractivity (Wildman–Crippen MR) is 68.8 cm³/mol. The molecule has 0 aromatic heterocycles. The lowest BCUT2D eigenvalue weighted by Gasteiger charge is -2.15. The minimum atomic E-state index is -0.224. The Labute approximate surface area is 109 Å². The molecule has 0 aromatic rings. The van der Waals surface area contributed by atoms with E-state index in [1.807, 2.05) is 13.8 Å². The number of hydrogen-bond acceptors (Lipinski definition) is 3. The van der Waals surface area contributed by atoms with Crippen molar-refractivity contribution in [3.8, 4) is 0 Å². The Morgan fingerprint density at radius 1 is 0.909 bits per heavy atom. The average molecular weight is 454 g/mol. The molecule has 7 heteroatoms. The minimum absolute atomic E-state index is 0.224. The van der Waals surface area contributed by atoms with Crippen molar-refractivity contribution in [1.82, 2.24) is 0 Å². The van der Waals surface area contributed by atoms with Gasteiger partial charge < -0.3 is 0 Å². The highest BCUT2D eigenvalue weighted by atomic mass is 79.9. The second-order valence-electron chi connectivity index (χ2n) is 1.85. The van der Waals surface area contributed by atoms with Crippen LogP contribution in [0.2, 0.25) is 0 Å². The van der Waals surface area contributed by atoms with E-state index in [0.717, 1.165) is 0 Å². The molecule has 0 atom stereocenters. The SMILES string of the molecule is CC(Br)(Br)SOSC(C)(Br)Br. The first-order valence-electron chi connectivity index (χ1n) is 2.50. The molecule has 0 unspecified atom stereocenters. The lowest BCUT2D eigenvalue weighted by atomic mass is 11.0. The summed E-state index contributed by atoms with van der Waals surface area (Å²) in [7, 11) is 0. The Bertz CT molecular complexity index is 104. The lowest BCUT2D eigenvalue weighted by molar-refractivity contribution is 0.751. The van der Waals surface area contributed by atoms with Crippen molar-refractivity contribution in [3.05, 3.63) is 0 Å². The van der Waals surface area contributed by atoms with Gasteiger partial charge in [0.2, 0.25) is 0 Å². The van der Waals surface area contributed by atoms with Crippen molar-refractivity contribution in [3.63, 3.8) is 0 Å². The van der Waals surface area contributed by atoms with Crippen LogP contribution in [0.5, 0.6) is 0 Å². The fourth-order valence-corrected chi connectivity index (χ4v) is 3.17. The van der Waals surface area contributed by atoms with Crippen LogP contribution in [-0.4, -0.2) is 5.13 Å². The quantitative estimate of drug-likeness (QED) is 0.426. The zero-order chi connectivity index (χ0) is 9.12. The van der Waals surface area contributed by atoms with Gasteiger partial charge in [-0.05, 0) is 13.8 Å². The normalized spacial score (nSPS) is 13.6. The average Bonchev–Trinajstić information content (AvgIpc) is 1.55. The molecule has 0 saturated carbocycles. The van der Waals surface area contributed by atoms with E-state index >= 15 is 0 Å². The van der Waals surface area contributed by atoms with Crippen molar-refractivity contribution in [2.75, 3.05) is 0 Å². The standard InChI is InChI=1S/C4H6Br4OS2/c1-3(5,6)10-9-11-4(2,7)8/h1-2H3. The van der Waals surface area contributed by atoms with E-state index < -0.39 is 0 Å². The fourth-order valence-electron chi connectivity index (χ4n) is 0.136. The highest BCUT2D eigenvalue weighted by molar-refractivity contribution is 9.28. The zero-order valence-corrected chi connectivity index (χ0v) is 13.7. The first kappa shape index (κ1) is 13.6. The molecule has 0 aliphatic carbocycles. The molecule has 11 heavy (non-hydrogen) atoms. The summed E-state index contributed by atoms with van der Waals surface area (Å²) >= 11 is 16.0. The molecule has 0 amide bonds. The molecule has 0 rings (SSSR count). The van der Waals surface area contributed by atoms with Gasteiger partial charge in [0.1, 0.15) is 5.13 Å². The third-order valence-electron chi connectivity index (χ3n) is 0.361. The third-order valence-corrected chi connectivity index (χ3v) is 3.08. The maximum absolute atomic E-state index is 5.21. The van der Waals surface area contributed by atoms with Crippen LogP contribution in [0.3, 0.4) is 0 Å². The van der Waals surface area contributed by atoms with E-state index in [-0.39, 0.29) is 5.13 Å². The molecule has 0 aromatic carbocycles. The highest BCUT2D eigenvalue weighted by Gasteiger charge is 2.22. The summed E-state index contributed by atoms with van der Waals surface area (Å²) < 4.78 is 4.76. The van der Waals surface area contributed by atoms with E-state index in [0.29, 0.717) is 0 Å². The first-order valence-corrected chi connectivity index (χ1v) is 7.15. The van der Waals surface area contributed by atoms with Crippen LogP contribution < -0.4 is 0 Å². The van der Waals surface area contributed by atoms with Gasteiger partial charge >= 0.3 is 0 Å². The van der Waals surface area contributed by atoms with Gasteiger partial charge in [-0.2, -0.15) is 0 Å². The van der Waals surface area contributed by atoms with E-state index in [1.54, 1.807) is 0 Å². The van der Waals surface area contributed by atoms with Gasteiger partial charge in [-0.1, -0.05) is 63.7 Å². The number of alkyl halides is 4. The van der Waals surface area contributed by atoms with E-state index in [2.05, 4.69) is 63.7 Å². The number of halogens is 4. The van der Waals surface area contributed by atoms with Gasteiger partial charge in [-0.15, -0.1) is 0 Å². The maximum Gasteiger partial charge on any atom is 0.149 e. The van der Waals surface area contributed by atoms with Crippen molar-refractivity contribution in [1.29, 1.82) is 0 Å². The Balaban J connectivity index is 3.44. The molecule has 1 nitrogen and oxygen atoms in total. The van der Waals surface area contributed by atoms with Crippen molar-refractivity contribution >= 4 is 87.8 Å². The minimum Gasteiger partial charge on any atom is -0.243 e. The van der Waals surface area contributed by atoms with Crippen LogP contribution in [0, 0.1) is 0 Å². The van der Waals surface area contributed by atoms with Crippen molar-refractivity contribution < 1.29 is 3.63 Å². The molecule has 0 fully saturated rings. The van der Waals surface area contributed by atoms with E-state index in [4.69, 9.17) is 3.63 Å². The summed E-state index contributed by atoms with van der Waals surface area (Å²) in [4.78, 5) is 0. The summed E-state index contributed by atoms with van der Waals surface area (Å²) in [6.45, 7) is 3.88. The highest BCUT2D eigenvalue weighted by Crippen LogP contribution is 2.46. The van der Waals surface area contributed by atoms with Gasteiger partial charge in [-0.25, -0.2) is 3.63 Å². The largest absolute Gasteiger partial charge is 0.243 e. The Kier molecular flexibility index (Phi) is 6.74. The molecule has 0 spiro atoms. The molecular formula is C4H6Br4OS2. The van der Waals surface area contributed by atoms with Crippen LogP contribution in [0.4, 0.5) is 0 Å². The number of rotatable bonds is 4. The first-order chi connectivity index (χ1) is 4.71. The summed E-state index contributed by atoms with van der Waals surface area (Å²) in [5.74, 6) is 0. The molecule has 0 saturated heterocycles.